The van der Waals surface area contributed by atoms with Gasteiger partial charge >= 0.3 is 0 Å². The molecule has 12 heteroatoms. The molecule has 3 heterocycles. The van der Waals surface area contributed by atoms with Gasteiger partial charge in [-0.05, 0) is 37.6 Å². The number of hydrogen-bond donors (Lipinski definition) is 1. The molecule has 0 saturated heterocycles. The Kier molecular flexibility index (Phi) is 6.62. The van der Waals surface area contributed by atoms with Crippen molar-refractivity contribution in [2.45, 2.75) is 32.1 Å². The van der Waals surface area contributed by atoms with Crippen LogP contribution in [0.5, 0.6) is 5.75 Å². The van der Waals surface area contributed by atoms with Crippen LogP contribution in [-0.4, -0.2) is 39.6 Å². The van der Waals surface area contributed by atoms with Crippen molar-refractivity contribution in [1.29, 1.82) is 0 Å². The van der Waals surface area contributed by atoms with Gasteiger partial charge in [-0.1, -0.05) is 6.92 Å². The number of nitrogen functional groups attached to an aromatic ring is 1. The molecular formula is C22H23FN6O3S2. The number of nitrogens with zero attached hydrogens (tertiary/aromatic N) is 5. The largest absolute Gasteiger partial charge is 0.482 e. The molecule has 178 valence electrons. The maximum Gasteiger partial charge on any atom is 0.166 e. The zero-order valence-corrected chi connectivity index (χ0v) is 20.4. The van der Waals surface area contributed by atoms with Gasteiger partial charge in [0.15, 0.2) is 21.4 Å². The topological polar surface area (TPSA) is 126 Å². The second-order valence-corrected chi connectivity index (χ2v) is 10.9. The third-order valence-corrected chi connectivity index (χ3v) is 7.10. The first-order chi connectivity index (χ1) is 16.1. The number of ether oxygens (including phenoxy) is 1. The van der Waals surface area contributed by atoms with Crippen molar-refractivity contribution in [3.05, 3.63) is 64.9 Å². The van der Waals surface area contributed by atoms with E-state index in [1.807, 2.05) is 6.92 Å². The Morgan fingerprint density at radius 3 is 2.65 bits per heavy atom. The van der Waals surface area contributed by atoms with E-state index in [4.69, 9.17) is 10.5 Å². The molecule has 0 saturated carbocycles. The molecule has 1 atom stereocenters. The zero-order chi connectivity index (χ0) is 24.5. The molecule has 1 unspecified atom stereocenters. The van der Waals surface area contributed by atoms with Gasteiger partial charge in [-0.15, -0.1) is 11.3 Å². The molecule has 0 aliphatic heterocycles. The predicted molar refractivity (Wildman–Crippen MR) is 128 cm³/mol. The number of aryl methyl sites for hydroxylation is 1. The summed E-state index contributed by atoms with van der Waals surface area (Å²) >= 11 is 1.30. The van der Waals surface area contributed by atoms with Crippen LogP contribution in [0.25, 0.3) is 16.1 Å². The molecule has 4 aromatic rings. The molecule has 9 nitrogen and oxygen atoms in total. The van der Waals surface area contributed by atoms with E-state index in [1.165, 1.54) is 46.9 Å². The monoisotopic (exact) mass is 502 g/mol. The molecule has 3 aromatic heterocycles. The summed E-state index contributed by atoms with van der Waals surface area (Å²) in [6.07, 6.45) is 5.85. The predicted octanol–water partition coefficient (Wildman–Crippen LogP) is 3.75. The minimum absolute atomic E-state index is 0.128. The van der Waals surface area contributed by atoms with E-state index in [-0.39, 0.29) is 11.6 Å². The number of benzene rings is 1. The van der Waals surface area contributed by atoms with Crippen molar-refractivity contribution >= 4 is 27.0 Å². The molecule has 0 amide bonds. The summed E-state index contributed by atoms with van der Waals surface area (Å²) in [7, 11) is -3.21. The minimum atomic E-state index is -3.21. The highest BCUT2D eigenvalue weighted by atomic mass is 32.2. The average Bonchev–Trinajstić information content (AvgIpc) is 3.44. The SMILES string of the molecule is CCc1nc(CS(C)(=O)=O)sc1-c1cnc(N)c(OC(C)c2cc(F)ccc2-n2nccn2)c1. The van der Waals surface area contributed by atoms with Crippen LogP contribution in [0.2, 0.25) is 0 Å². The van der Waals surface area contributed by atoms with Gasteiger partial charge in [-0.25, -0.2) is 22.8 Å². The summed E-state index contributed by atoms with van der Waals surface area (Å²) in [4.78, 5) is 10.9. The highest BCUT2D eigenvalue weighted by Gasteiger charge is 2.20. The van der Waals surface area contributed by atoms with Crippen molar-refractivity contribution in [3.8, 4) is 21.9 Å². The fraction of sp³-hybridized carbons (Fsp3) is 0.273. The summed E-state index contributed by atoms with van der Waals surface area (Å²) in [5, 5.41) is 8.76. The van der Waals surface area contributed by atoms with Crippen LogP contribution in [-0.2, 0) is 22.0 Å². The standard InChI is InChI=1S/C22H23FN6O3S2/c1-4-17-21(33-20(28-17)12-34(3,30)31)14-9-19(22(24)25-11-14)32-13(2)16-10-15(23)5-6-18(16)29-26-7-8-27-29/h5-11,13H,4,12H2,1-3H3,(H2,24,25). The molecule has 0 spiro atoms. The van der Waals surface area contributed by atoms with E-state index in [2.05, 4.69) is 20.2 Å². The fourth-order valence-electron chi connectivity index (χ4n) is 3.45. The Morgan fingerprint density at radius 1 is 1.24 bits per heavy atom. The average molecular weight is 503 g/mol. The number of hydrogen-bond acceptors (Lipinski definition) is 9. The molecule has 2 N–H and O–H groups in total. The van der Waals surface area contributed by atoms with Gasteiger partial charge in [-0.2, -0.15) is 15.0 Å². The maximum atomic E-state index is 14.1. The Hall–Kier alpha value is -3.38. The second kappa shape index (κ2) is 9.47. The normalized spacial score (nSPS) is 12.6. The summed E-state index contributed by atoms with van der Waals surface area (Å²) in [5.41, 5.74) is 8.66. The van der Waals surface area contributed by atoms with Gasteiger partial charge in [-0.3, -0.25) is 0 Å². The zero-order valence-electron chi connectivity index (χ0n) is 18.8. The van der Waals surface area contributed by atoms with Gasteiger partial charge in [0, 0.05) is 23.6 Å². The van der Waals surface area contributed by atoms with Crippen molar-refractivity contribution in [2.75, 3.05) is 12.0 Å². The number of nitrogens with two attached hydrogens (primary N) is 1. The molecule has 1 aromatic carbocycles. The van der Waals surface area contributed by atoms with Gasteiger partial charge < -0.3 is 10.5 Å². The third-order valence-electron chi connectivity index (χ3n) is 4.97. The molecule has 0 aliphatic carbocycles. The lowest BCUT2D eigenvalue weighted by atomic mass is 10.1. The number of thiazole rings is 1. The lowest BCUT2D eigenvalue weighted by Gasteiger charge is -2.19. The van der Waals surface area contributed by atoms with E-state index in [9.17, 15) is 12.8 Å². The Balaban J connectivity index is 1.68. The highest BCUT2D eigenvalue weighted by molar-refractivity contribution is 7.90. The molecular weight excluding hydrogens is 479 g/mol. The van der Waals surface area contributed by atoms with Gasteiger partial charge in [0.2, 0.25) is 0 Å². The van der Waals surface area contributed by atoms with Crippen LogP contribution in [0.4, 0.5) is 10.2 Å². The number of pyridine rings is 1. The summed E-state index contributed by atoms with van der Waals surface area (Å²) in [6, 6.07) is 6.01. The lowest BCUT2D eigenvalue weighted by Crippen LogP contribution is -2.11. The first-order valence-corrected chi connectivity index (χ1v) is 13.3. The van der Waals surface area contributed by atoms with Gasteiger partial charge in [0.1, 0.15) is 22.7 Å². The summed E-state index contributed by atoms with van der Waals surface area (Å²) in [5.74, 6) is -0.0626. The van der Waals surface area contributed by atoms with Crippen LogP contribution < -0.4 is 10.5 Å². The smallest absolute Gasteiger partial charge is 0.166 e. The van der Waals surface area contributed by atoms with E-state index in [0.717, 1.165) is 10.6 Å². The van der Waals surface area contributed by atoms with E-state index >= 15 is 0 Å². The van der Waals surface area contributed by atoms with Crippen LogP contribution in [0, 0.1) is 5.82 Å². The molecule has 0 aliphatic rings. The Bertz CT molecular complexity index is 1420. The molecule has 0 radical (unpaired) electrons. The van der Waals surface area contributed by atoms with Crippen LogP contribution >= 0.6 is 11.3 Å². The molecule has 0 fully saturated rings. The number of aromatic nitrogens is 5. The Morgan fingerprint density at radius 2 is 1.97 bits per heavy atom. The minimum Gasteiger partial charge on any atom is -0.482 e. The Labute approximate surface area is 200 Å². The number of halogens is 1. The van der Waals surface area contributed by atoms with Gasteiger partial charge in [0.25, 0.3) is 0 Å². The molecule has 34 heavy (non-hydrogen) atoms. The van der Waals surface area contributed by atoms with E-state index in [1.54, 1.807) is 25.3 Å². The van der Waals surface area contributed by atoms with Crippen LogP contribution in [0.3, 0.4) is 0 Å². The van der Waals surface area contributed by atoms with Crippen LogP contribution in [0.15, 0.2) is 42.9 Å². The number of anilines is 1. The van der Waals surface area contributed by atoms with Crippen molar-refractivity contribution in [2.24, 2.45) is 0 Å². The van der Waals surface area contributed by atoms with Crippen molar-refractivity contribution in [1.82, 2.24) is 25.0 Å². The first kappa shape index (κ1) is 23.8. The van der Waals surface area contributed by atoms with Crippen molar-refractivity contribution < 1.29 is 17.5 Å². The fourth-order valence-corrected chi connectivity index (χ4v) is 5.77. The maximum absolute atomic E-state index is 14.1. The van der Waals surface area contributed by atoms with Crippen LogP contribution in [0.1, 0.15) is 36.2 Å². The molecule has 0 bridgehead atoms. The third kappa shape index (κ3) is 5.23. The molecule has 4 rings (SSSR count). The van der Waals surface area contributed by atoms with Gasteiger partial charge in [0.05, 0.1) is 28.7 Å². The summed E-state index contributed by atoms with van der Waals surface area (Å²) < 4.78 is 43.6. The number of rotatable bonds is 8. The second-order valence-electron chi connectivity index (χ2n) is 7.70. The summed E-state index contributed by atoms with van der Waals surface area (Å²) in [6.45, 7) is 3.71. The van der Waals surface area contributed by atoms with Crippen molar-refractivity contribution in [3.63, 3.8) is 0 Å². The highest BCUT2D eigenvalue weighted by Crippen LogP contribution is 2.36. The lowest BCUT2D eigenvalue weighted by molar-refractivity contribution is 0.226. The first-order valence-electron chi connectivity index (χ1n) is 10.4. The van der Waals surface area contributed by atoms with E-state index in [0.29, 0.717) is 34.0 Å². The number of sulfone groups is 1. The quantitative estimate of drug-likeness (QED) is 0.386. The van der Waals surface area contributed by atoms with E-state index < -0.39 is 21.8 Å².